The molecular formula is C14H23N3O2S. The summed E-state index contributed by atoms with van der Waals surface area (Å²) in [5, 5.41) is 3.28. The number of hydrogen-bond acceptors (Lipinski definition) is 4. The Balaban J connectivity index is 1.91. The molecular weight excluding hydrogens is 274 g/mol. The van der Waals surface area contributed by atoms with E-state index >= 15 is 0 Å². The highest BCUT2D eigenvalue weighted by molar-refractivity contribution is 7.89. The van der Waals surface area contributed by atoms with Crippen LogP contribution in [0.15, 0.2) is 23.1 Å². The largest absolute Gasteiger partial charge is 0.314 e. The topological polar surface area (TPSA) is 61.4 Å². The van der Waals surface area contributed by atoms with Gasteiger partial charge in [0, 0.05) is 39.3 Å². The van der Waals surface area contributed by atoms with Crippen molar-refractivity contribution in [3.63, 3.8) is 0 Å². The third-order valence-corrected chi connectivity index (χ3v) is 5.18. The lowest BCUT2D eigenvalue weighted by atomic mass is 10.1. The van der Waals surface area contributed by atoms with E-state index in [0.717, 1.165) is 43.9 Å². The van der Waals surface area contributed by atoms with Gasteiger partial charge in [0.2, 0.25) is 10.0 Å². The first-order valence-electron chi connectivity index (χ1n) is 6.99. The molecule has 0 atom stereocenters. The van der Waals surface area contributed by atoms with Crippen LogP contribution in [0.1, 0.15) is 11.1 Å². The molecule has 112 valence electrons. The summed E-state index contributed by atoms with van der Waals surface area (Å²) in [5.41, 5.74) is 2.10. The third kappa shape index (κ3) is 4.02. The predicted octanol–water partition coefficient (Wildman–Crippen LogP) is 0.487. The van der Waals surface area contributed by atoms with E-state index in [0.29, 0.717) is 11.4 Å². The molecule has 2 N–H and O–H groups in total. The molecule has 1 aromatic carbocycles. The Kier molecular flexibility index (Phi) is 5.15. The van der Waals surface area contributed by atoms with E-state index in [2.05, 4.69) is 14.9 Å². The maximum absolute atomic E-state index is 12.2. The van der Waals surface area contributed by atoms with Crippen LogP contribution in [0.5, 0.6) is 0 Å². The molecule has 0 amide bonds. The average molecular weight is 297 g/mol. The van der Waals surface area contributed by atoms with E-state index in [1.807, 2.05) is 19.9 Å². The van der Waals surface area contributed by atoms with Crippen LogP contribution in [0, 0.1) is 13.8 Å². The Labute approximate surface area is 121 Å². The molecule has 6 heteroatoms. The van der Waals surface area contributed by atoms with E-state index in [-0.39, 0.29) is 0 Å². The number of aryl methyl sites for hydroxylation is 2. The molecule has 0 bridgehead atoms. The van der Waals surface area contributed by atoms with E-state index in [1.165, 1.54) is 0 Å². The maximum Gasteiger partial charge on any atom is 0.240 e. The zero-order valence-corrected chi connectivity index (χ0v) is 13.0. The van der Waals surface area contributed by atoms with Crippen molar-refractivity contribution < 1.29 is 8.42 Å². The minimum absolute atomic E-state index is 0.348. The zero-order valence-electron chi connectivity index (χ0n) is 12.1. The van der Waals surface area contributed by atoms with Gasteiger partial charge in [0.25, 0.3) is 0 Å². The summed E-state index contributed by atoms with van der Waals surface area (Å²) in [6.07, 6.45) is 0. The molecule has 0 spiro atoms. The van der Waals surface area contributed by atoms with E-state index in [4.69, 9.17) is 0 Å². The second-order valence-electron chi connectivity index (χ2n) is 5.24. The third-order valence-electron chi connectivity index (χ3n) is 3.72. The summed E-state index contributed by atoms with van der Waals surface area (Å²) in [7, 11) is -3.39. The molecule has 1 aliphatic heterocycles. The lowest BCUT2D eigenvalue weighted by Crippen LogP contribution is -2.46. The fraction of sp³-hybridized carbons (Fsp3) is 0.571. The van der Waals surface area contributed by atoms with Crippen LogP contribution in [0.3, 0.4) is 0 Å². The first kappa shape index (κ1) is 15.4. The van der Waals surface area contributed by atoms with Crippen molar-refractivity contribution in [2.75, 3.05) is 39.3 Å². The van der Waals surface area contributed by atoms with Gasteiger partial charge in [0.05, 0.1) is 4.90 Å². The Morgan fingerprint density at radius 1 is 1.20 bits per heavy atom. The smallest absolute Gasteiger partial charge is 0.240 e. The predicted molar refractivity (Wildman–Crippen MR) is 80.4 cm³/mol. The number of sulfonamides is 1. The van der Waals surface area contributed by atoms with Crippen LogP contribution >= 0.6 is 0 Å². The van der Waals surface area contributed by atoms with Gasteiger partial charge in [-0.1, -0.05) is 6.07 Å². The first-order valence-corrected chi connectivity index (χ1v) is 8.47. The van der Waals surface area contributed by atoms with Crippen LogP contribution in [0.4, 0.5) is 0 Å². The minimum Gasteiger partial charge on any atom is -0.314 e. The lowest BCUT2D eigenvalue weighted by molar-refractivity contribution is 0.245. The van der Waals surface area contributed by atoms with Crippen LogP contribution < -0.4 is 10.0 Å². The van der Waals surface area contributed by atoms with Gasteiger partial charge in [-0.3, -0.25) is 4.90 Å². The summed E-state index contributed by atoms with van der Waals surface area (Å²) in [5.74, 6) is 0. The highest BCUT2D eigenvalue weighted by Gasteiger charge is 2.15. The van der Waals surface area contributed by atoms with Gasteiger partial charge < -0.3 is 5.32 Å². The first-order chi connectivity index (χ1) is 9.49. The van der Waals surface area contributed by atoms with Crippen molar-refractivity contribution >= 4 is 10.0 Å². The van der Waals surface area contributed by atoms with Crippen LogP contribution in [-0.2, 0) is 10.0 Å². The average Bonchev–Trinajstić information content (AvgIpc) is 2.43. The Bertz CT molecular complexity index is 552. The number of nitrogens with one attached hydrogen (secondary N) is 2. The molecule has 0 unspecified atom stereocenters. The van der Waals surface area contributed by atoms with Crippen molar-refractivity contribution in [3.8, 4) is 0 Å². The summed E-state index contributed by atoms with van der Waals surface area (Å²) < 4.78 is 27.1. The van der Waals surface area contributed by atoms with Crippen molar-refractivity contribution in [3.05, 3.63) is 29.3 Å². The van der Waals surface area contributed by atoms with Gasteiger partial charge in [0.1, 0.15) is 0 Å². The van der Waals surface area contributed by atoms with Crippen LogP contribution in [-0.4, -0.2) is 52.6 Å². The second kappa shape index (κ2) is 6.67. The molecule has 1 fully saturated rings. The monoisotopic (exact) mass is 297 g/mol. The molecule has 1 heterocycles. The van der Waals surface area contributed by atoms with Crippen LogP contribution in [0.2, 0.25) is 0 Å². The molecule has 1 aliphatic rings. The Morgan fingerprint density at radius 2 is 1.90 bits per heavy atom. The van der Waals surface area contributed by atoms with Crippen molar-refractivity contribution in [1.29, 1.82) is 0 Å². The van der Waals surface area contributed by atoms with Crippen molar-refractivity contribution in [2.24, 2.45) is 0 Å². The van der Waals surface area contributed by atoms with Gasteiger partial charge in [-0.05, 0) is 37.1 Å². The number of piperazine rings is 1. The van der Waals surface area contributed by atoms with E-state index in [1.54, 1.807) is 12.1 Å². The van der Waals surface area contributed by atoms with Gasteiger partial charge in [-0.15, -0.1) is 0 Å². The number of hydrogen-bond donors (Lipinski definition) is 2. The molecule has 0 saturated carbocycles. The maximum atomic E-state index is 12.2. The SMILES string of the molecule is Cc1ccc(S(=O)(=O)NCCN2CCNCC2)cc1C. The summed E-state index contributed by atoms with van der Waals surface area (Å²) in [4.78, 5) is 2.61. The number of rotatable bonds is 5. The fourth-order valence-corrected chi connectivity index (χ4v) is 3.34. The molecule has 2 rings (SSSR count). The number of benzene rings is 1. The highest BCUT2D eigenvalue weighted by atomic mass is 32.2. The Morgan fingerprint density at radius 3 is 2.55 bits per heavy atom. The van der Waals surface area contributed by atoms with Crippen molar-refractivity contribution in [1.82, 2.24) is 14.9 Å². The zero-order chi connectivity index (χ0) is 14.6. The van der Waals surface area contributed by atoms with Gasteiger partial charge in [0.15, 0.2) is 0 Å². The standard InChI is InChI=1S/C14H23N3O2S/c1-12-3-4-14(11-13(12)2)20(18,19)16-7-10-17-8-5-15-6-9-17/h3-4,11,15-16H,5-10H2,1-2H3. The van der Waals surface area contributed by atoms with Crippen LogP contribution in [0.25, 0.3) is 0 Å². The molecule has 0 aromatic heterocycles. The van der Waals surface area contributed by atoms with Gasteiger partial charge >= 0.3 is 0 Å². The fourth-order valence-electron chi connectivity index (χ4n) is 2.24. The summed E-state index contributed by atoms with van der Waals surface area (Å²) in [6, 6.07) is 5.23. The van der Waals surface area contributed by atoms with Gasteiger partial charge in [-0.25, -0.2) is 13.1 Å². The second-order valence-corrected chi connectivity index (χ2v) is 7.00. The van der Waals surface area contributed by atoms with Crippen molar-refractivity contribution in [2.45, 2.75) is 18.7 Å². The lowest BCUT2D eigenvalue weighted by Gasteiger charge is -2.27. The molecule has 0 aliphatic carbocycles. The summed E-state index contributed by atoms with van der Waals surface area (Å²) >= 11 is 0. The molecule has 1 aromatic rings. The molecule has 0 radical (unpaired) electrons. The molecule has 20 heavy (non-hydrogen) atoms. The normalized spacial score (nSPS) is 17.3. The van der Waals surface area contributed by atoms with E-state index < -0.39 is 10.0 Å². The highest BCUT2D eigenvalue weighted by Crippen LogP contribution is 2.14. The molecule has 5 nitrogen and oxygen atoms in total. The Hall–Kier alpha value is -0.950. The quantitative estimate of drug-likeness (QED) is 0.830. The number of nitrogens with zero attached hydrogens (tertiary/aromatic N) is 1. The van der Waals surface area contributed by atoms with Gasteiger partial charge in [-0.2, -0.15) is 0 Å². The van der Waals surface area contributed by atoms with E-state index in [9.17, 15) is 8.42 Å². The molecule has 1 saturated heterocycles. The summed E-state index contributed by atoms with van der Waals surface area (Å²) in [6.45, 7) is 9.02. The minimum atomic E-state index is -3.39.